The fourth-order valence-electron chi connectivity index (χ4n) is 13.6. The molecule has 1 aromatic heterocycles. The van der Waals surface area contributed by atoms with Gasteiger partial charge in [-0.1, -0.05) is 27.7 Å². The Balaban J connectivity index is 1.55. The van der Waals surface area contributed by atoms with E-state index in [4.69, 9.17) is 51.8 Å². The smallest absolute Gasteiger partial charge is 0.341 e. The number of aliphatic hydroxyl groups excluding tert-OH is 1. The third kappa shape index (κ3) is 4.74. The Morgan fingerprint density at radius 1 is 0.885 bits per heavy atom. The Labute approximate surface area is 351 Å². The van der Waals surface area contributed by atoms with Crippen LogP contribution in [0.5, 0.6) is 0 Å². The lowest BCUT2D eigenvalue weighted by Gasteiger charge is -2.78. The molecule has 8 rings (SSSR count). The van der Waals surface area contributed by atoms with Gasteiger partial charge in [-0.15, -0.1) is 0 Å². The van der Waals surface area contributed by atoms with Crippen LogP contribution in [0.3, 0.4) is 0 Å². The summed E-state index contributed by atoms with van der Waals surface area (Å²) < 4.78 is 68.3. The van der Waals surface area contributed by atoms with Crippen molar-refractivity contribution < 1.29 is 90.8 Å². The first-order chi connectivity index (χ1) is 28.3. The number of rotatable bonds is 12. The van der Waals surface area contributed by atoms with Crippen molar-refractivity contribution in [2.24, 2.45) is 22.2 Å². The van der Waals surface area contributed by atoms with Gasteiger partial charge in [-0.3, -0.25) is 24.0 Å². The van der Waals surface area contributed by atoms with Gasteiger partial charge in [-0.25, -0.2) is 4.79 Å². The van der Waals surface area contributed by atoms with Crippen molar-refractivity contribution in [3.05, 3.63) is 24.2 Å². The molecule has 3 aliphatic heterocycles. The Morgan fingerprint density at radius 3 is 2.07 bits per heavy atom. The molecule has 0 radical (unpaired) electrons. The van der Waals surface area contributed by atoms with Crippen molar-refractivity contribution in [1.29, 1.82) is 0 Å². The van der Waals surface area contributed by atoms with Crippen LogP contribution in [0.1, 0.15) is 106 Å². The van der Waals surface area contributed by atoms with Crippen molar-refractivity contribution in [3.8, 4) is 0 Å². The quantitative estimate of drug-likeness (QED) is 0.174. The van der Waals surface area contributed by atoms with E-state index in [9.17, 15) is 39.0 Å². The van der Waals surface area contributed by atoms with E-state index < -0.39 is 154 Å². The van der Waals surface area contributed by atoms with Crippen molar-refractivity contribution >= 4 is 35.8 Å². The highest BCUT2D eigenvalue weighted by Crippen LogP contribution is 2.89. The molecule has 0 aromatic carbocycles. The third-order valence-corrected chi connectivity index (χ3v) is 15.9. The minimum atomic E-state index is -2.71. The highest BCUT2D eigenvalue weighted by molar-refractivity contribution is 5.83. The first-order valence-electron chi connectivity index (χ1n) is 20.4. The van der Waals surface area contributed by atoms with Gasteiger partial charge in [0.25, 0.3) is 5.97 Å². The average molecular weight is 863 g/mol. The second-order valence-corrected chi connectivity index (χ2v) is 18.7. The Morgan fingerprint density at radius 2 is 1.52 bits per heavy atom. The van der Waals surface area contributed by atoms with Crippen LogP contribution in [0.2, 0.25) is 0 Å². The molecule has 19 nitrogen and oxygen atoms in total. The molecule has 1 aromatic rings. The first kappa shape index (κ1) is 43.5. The summed E-state index contributed by atoms with van der Waals surface area (Å²) in [5, 5.41) is 27.5. The molecule has 16 unspecified atom stereocenters. The van der Waals surface area contributed by atoms with Gasteiger partial charge >= 0.3 is 35.8 Å². The molecule has 7 fully saturated rings. The monoisotopic (exact) mass is 862 g/mol. The molecule has 336 valence electrons. The van der Waals surface area contributed by atoms with E-state index >= 15 is 0 Å². The van der Waals surface area contributed by atoms with Gasteiger partial charge in [0, 0.05) is 55.4 Å². The predicted octanol–water partition coefficient (Wildman–Crippen LogP) is 2.25. The number of ether oxygens (including phenoxy) is 10. The number of methoxy groups -OCH3 is 2. The molecule has 19 heteroatoms. The van der Waals surface area contributed by atoms with Gasteiger partial charge in [0.05, 0.1) is 45.4 Å². The largest absolute Gasteiger partial charge is 0.472 e. The maximum atomic E-state index is 14.4. The summed E-state index contributed by atoms with van der Waals surface area (Å²) in [4.78, 5) is 83.5. The zero-order chi connectivity index (χ0) is 44.9. The lowest BCUT2D eigenvalue weighted by Crippen LogP contribution is -2.99. The second-order valence-electron chi connectivity index (χ2n) is 18.7. The number of epoxide rings is 1. The number of fused-ring (bicyclic) bond motifs is 2. The van der Waals surface area contributed by atoms with Gasteiger partial charge in [-0.05, 0) is 38.7 Å². The van der Waals surface area contributed by atoms with Crippen LogP contribution >= 0.6 is 0 Å². The normalized spacial score (nSPS) is 48.4. The first-order valence-corrected chi connectivity index (χ1v) is 20.4. The van der Waals surface area contributed by atoms with Crippen molar-refractivity contribution in [2.45, 2.75) is 165 Å². The van der Waals surface area contributed by atoms with Crippen LogP contribution in [0, 0.1) is 22.2 Å². The summed E-state index contributed by atoms with van der Waals surface area (Å²) >= 11 is 0. The van der Waals surface area contributed by atoms with E-state index in [2.05, 4.69) is 0 Å². The lowest BCUT2D eigenvalue weighted by atomic mass is 9.32. The highest BCUT2D eigenvalue weighted by atomic mass is 17.0. The number of esters is 6. The number of aliphatic hydroxyl groups is 2. The van der Waals surface area contributed by atoms with Crippen molar-refractivity contribution in [1.82, 2.24) is 0 Å². The predicted molar refractivity (Wildman–Crippen MR) is 198 cm³/mol. The molecule has 61 heavy (non-hydrogen) atoms. The molecule has 16 atom stereocenters. The minimum absolute atomic E-state index is 0.255. The van der Waals surface area contributed by atoms with Gasteiger partial charge in [0.15, 0.2) is 23.4 Å². The van der Waals surface area contributed by atoms with Crippen molar-refractivity contribution in [2.75, 3.05) is 14.2 Å². The molecule has 4 bridgehead atoms. The maximum Gasteiger partial charge on any atom is 0.341 e. The topological polar surface area (TPSA) is 252 Å². The van der Waals surface area contributed by atoms with Crippen molar-refractivity contribution in [3.63, 3.8) is 0 Å². The Kier molecular flexibility index (Phi) is 9.25. The molecule has 1 spiro atoms. The zero-order valence-corrected chi connectivity index (χ0v) is 36.1. The van der Waals surface area contributed by atoms with E-state index in [0.29, 0.717) is 0 Å². The third-order valence-electron chi connectivity index (χ3n) is 15.9. The second kappa shape index (κ2) is 13.0. The summed E-state index contributed by atoms with van der Waals surface area (Å²) in [7, 11) is 2.29. The number of furan rings is 1. The molecule has 4 saturated carbocycles. The molecular formula is C42H54O19. The van der Waals surface area contributed by atoms with Gasteiger partial charge in [-0.2, -0.15) is 0 Å². The Bertz CT molecular complexity index is 2090. The average Bonchev–Trinajstić information content (AvgIpc) is 3.64. The van der Waals surface area contributed by atoms with Crippen LogP contribution in [0.25, 0.3) is 0 Å². The van der Waals surface area contributed by atoms with Gasteiger partial charge < -0.3 is 62.0 Å². The van der Waals surface area contributed by atoms with Crippen LogP contribution in [-0.2, 0) is 76.1 Å². The standard InChI is InChI=1S/C42H54O19/c1-12-26(46)55-31-40(58-22(4)44)30(56-32(49)35(7)20(2)57-35)33(5)19-38(40,50)36(8,24(33)15-27(47)51-10)41-25(45)16-34(6,29(54-21(3)43)23-13-14-53-18-23)39(17-28(48)52-11)42(31,41)61-37(9,59-39)60-41/h13-14,18,20,24-25,29-31,45,50H,12,15-17,19H2,1-11H3. The maximum absolute atomic E-state index is 14.4. The molecule has 0 amide bonds. The summed E-state index contributed by atoms with van der Waals surface area (Å²) in [6.45, 7) is 12.9. The van der Waals surface area contributed by atoms with E-state index in [1.54, 1.807) is 20.8 Å². The molecule has 3 saturated heterocycles. The van der Waals surface area contributed by atoms with Gasteiger partial charge in [0.1, 0.15) is 22.9 Å². The van der Waals surface area contributed by atoms with E-state index in [1.807, 2.05) is 0 Å². The molecule has 4 heterocycles. The lowest BCUT2D eigenvalue weighted by molar-refractivity contribution is -0.476. The summed E-state index contributed by atoms with van der Waals surface area (Å²) in [5.74, 6) is -8.88. The molecule has 7 aliphatic rings. The number of carbonyl (C=O) groups excluding carboxylic acids is 6. The van der Waals surface area contributed by atoms with Crippen LogP contribution < -0.4 is 0 Å². The van der Waals surface area contributed by atoms with E-state index in [0.717, 1.165) is 21.0 Å². The number of carbonyl (C=O) groups is 6. The van der Waals surface area contributed by atoms with Crippen LogP contribution in [0.15, 0.2) is 23.0 Å². The SMILES string of the molecule is CCC(=O)OC1C2(OC(C)=O)C(OC(=O)C3(C)OC3C)C3(C)CC2(O)C(C)(C3CC(=O)OC)C23OC4(C)OC(CC(=O)OC)(C(C)(C(OC(C)=O)c5ccoc5)CC2O)C13O4. The fourth-order valence-corrected chi connectivity index (χ4v) is 13.6. The van der Waals surface area contributed by atoms with E-state index in [1.165, 1.54) is 53.4 Å². The van der Waals surface area contributed by atoms with Gasteiger partial charge in [0.2, 0.25) is 5.60 Å². The molecule has 2 N–H and O–H groups in total. The minimum Gasteiger partial charge on any atom is -0.472 e. The summed E-state index contributed by atoms with van der Waals surface area (Å²) in [6.07, 6.45) is -7.67. The summed E-state index contributed by atoms with van der Waals surface area (Å²) in [5.41, 5.74) is -19.4. The fraction of sp³-hybridized carbons (Fsp3) is 0.762. The number of hydrogen-bond acceptors (Lipinski definition) is 19. The van der Waals surface area contributed by atoms with E-state index in [-0.39, 0.29) is 12.0 Å². The Hall–Kier alpha value is -4.14. The van der Waals surface area contributed by atoms with Crippen LogP contribution in [0.4, 0.5) is 0 Å². The highest BCUT2D eigenvalue weighted by Gasteiger charge is 3.07. The zero-order valence-electron chi connectivity index (χ0n) is 36.1. The molecule has 4 aliphatic carbocycles. The summed E-state index contributed by atoms with van der Waals surface area (Å²) in [6, 6.07) is 1.51. The number of hydrogen-bond donors (Lipinski definition) is 2. The van der Waals surface area contributed by atoms with Crippen LogP contribution in [-0.4, -0.2) is 124 Å². The molecular weight excluding hydrogens is 808 g/mol.